The van der Waals surface area contributed by atoms with Crippen LogP contribution < -0.4 is 10.6 Å². The van der Waals surface area contributed by atoms with Gasteiger partial charge in [-0.25, -0.2) is 9.31 Å². The zero-order chi connectivity index (χ0) is 28.1. The molecule has 1 aromatic carbocycles. The molecule has 2 aromatic heterocycles. The zero-order valence-electron chi connectivity index (χ0n) is 23.3. The van der Waals surface area contributed by atoms with Crippen LogP contribution in [0.1, 0.15) is 43.1 Å². The quantitative estimate of drug-likeness (QED) is 0.440. The molecule has 40 heavy (non-hydrogen) atoms. The summed E-state index contributed by atoms with van der Waals surface area (Å²) in [5, 5.41) is 10.8. The second-order valence-electron chi connectivity index (χ2n) is 10.2. The number of hydrogen-bond acceptors (Lipinski definition) is 8. The van der Waals surface area contributed by atoms with Crippen LogP contribution in [-0.2, 0) is 9.47 Å². The first-order valence-electron chi connectivity index (χ1n) is 13.9. The van der Waals surface area contributed by atoms with Crippen molar-refractivity contribution in [1.82, 2.24) is 29.7 Å². The first kappa shape index (κ1) is 27.6. The third-order valence-corrected chi connectivity index (χ3v) is 7.06. The fraction of sp³-hybridized carbons (Fsp3) is 0.448. The van der Waals surface area contributed by atoms with Gasteiger partial charge in [-0.1, -0.05) is 6.08 Å². The lowest BCUT2D eigenvalue weighted by Gasteiger charge is -2.35. The van der Waals surface area contributed by atoms with Crippen LogP contribution in [0.25, 0.3) is 11.2 Å². The van der Waals surface area contributed by atoms with E-state index in [9.17, 15) is 9.59 Å². The summed E-state index contributed by atoms with van der Waals surface area (Å²) in [7, 11) is 0. The molecule has 2 atom stereocenters. The number of anilines is 2. The lowest BCUT2D eigenvalue weighted by molar-refractivity contribution is -0.0672. The Hall–Kier alpha value is -3.96. The summed E-state index contributed by atoms with van der Waals surface area (Å²) in [4.78, 5) is 33.4. The van der Waals surface area contributed by atoms with E-state index in [0.717, 1.165) is 42.1 Å². The van der Waals surface area contributed by atoms with Gasteiger partial charge >= 0.3 is 6.09 Å². The predicted molar refractivity (Wildman–Crippen MR) is 153 cm³/mol. The SMILES string of the molecule is CCOC(=O)N1CC=C(c2cccn3nc(Nc4ccc(C(=O)NCCN5CC(C)OC(C)C5)cc4)nc23)CC1. The molecule has 0 spiro atoms. The second kappa shape index (κ2) is 12.5. The predicted octanol–water partition coefficient (Wildman–Crippen LogP) is 3.56. The van der Waals surface area contributed by atoms with Crippen LogP contribution >= 0.6 is 0 Å². The molecule has 1 fully saturated rings. The van der Waals surface area contributed by atoms with E-state index in [2.05, 4.69) is 34.5 Å². The van der Waals surface area contributed by atoms with Crippen LogP contribution in [0.2, 0.25) is 0 Å². The normalized spacial score (nSPS) is 19.8. The summed E-state index contributed by atoms with van der Waals surface area (Å²) in [5.41, 5.74) is 4.23. The number of fused-ring (bicyclic) bond motifs is 1. The summed E-state index contributed by atoms with van der Waals surface area (Å²) >= 11 is 0. The van der Waals surface area contributed by atoms with Crippen LogP contribution in [0.4, 0.5) is 16.4 Å². The molecule has 11 heteroatoms. The number of amides is 2. The molecule has 0 bridgehead atoms. The zero-order valence-corrected chi connectivity index (χ0v) is 23.3. The first-order valence-corrected chi connectivity index (χ1v) is 13.9. The van der Waals surface area contributed by atoms with Gasteiger partial charge in [0.25, 0.3) is 5.91 Å². The average molecular weight is 548 g/mol. The number of nitrogens with zero attached hydrogens (tertiary/aromatic N) is 5. The molecule has 11 nitrogen and oxygen atoms in total. The fourth-order valence-electron chi connectivity index (χ4n) is 5.23. The number of morpholine rings is 1. The highest BCUT2D eigenvalue weighted by atomic mass is 16.6. The summed E-state index contributed by atoms with van der Waals surface area (Å²) in [6.45, 7) is 10.6. The van der Waals surface area contributed by atoms with E-state index in [1.165, 1.54) is 0 Å². The van der Waals surface area contributed by atoms with Crippen LogP contribution in [-0.4, -0.2) is 94.5 Å². The van der Waals surface area contributed by atoms with Gasteiger partial charge < -0.3 is 25.0 Å². The molecule has 5 rings (SSSR count). The fourth-order valence-corrected chi connectivity index (χ4v) is 5.23. The van der Waals surface area contributed by atoms with Crippen LogP contribution in [0.15, 0.2) is 48.7 Å². The topological polar surface area (TPSA) is 113 Å². The third kappa shape index (κ3) is 6.60. The monoisotopic (exact) mass is 547 g/mol. The highest BCUT2D eigenvalue weighted by Gasteiger charge is 2.22. The number of hydrogen-bond donors (Lipinski definition) is 2. The van der Waals surface area contributed by atoms with Gasteiger partial charge in [0.2, 0.25) is 5.95 Å². The van der Waals surface area contributed by atoms with Crippen LogP contribution in [0, 0.1) is 0 Å². The van der Waals surface area contributed by atoms with E-state index in [4.69, 9.17) is 14.5 Å². The Bertz CT molecular complexity index is 1360. The van der Waals surface area contributed by atoms with Crippen molar-refractivity contribution in [2.45, 2.75) is 39.4 Å². The number of carbonyl (C=O) groups is 2. The van der Waals surface area contributed by atoms with Crippen molar-refractivity contribution in [1.29, 1.82) is 0 Å². The molecule has 2 amide bonds. The maximum absolute atomic E-state index is 12.6. The molecule has 2 N–H and O–H groups in total. The Labute approximate surface area is 234 Å². The van der Waals surface area contributed by atoms with Crippen molar-refractivity contribution < 1.29 is 19.1 Å². The number of nitrogens with one attached hydrogen (secondary N) is 2. The number of ether oxygens (including phenoxy) is 2. The Morgan fingerprint density at radius 2 is 1.90 bits per heavy atom. The van der Waals surface area contributed by atoms with E-state index in [1.807, 2.05) is 36.5 Å². The Morgan fingerprint density at radius 1 is 1.12 bits per heavy atom. The molecule has 212 valence electrons. The summed E-state index contributed by atoms with van der Waals surface area (Å²) in [6.07, 6.45) is 4.75. The summed E-state index contributed by atoms with van der Waals surface area (Å²) in [6, 6.07) is 11.2. The van der Waals surface area contributed by atoms with Gasteiger partial charge in [0, 0.05) is 62.3 Å². The first-order chi connectivity index (χ1) is 19.4. The molecular weight excluding hydrogens is 510 g/mol. The van der Waals surface area contributed by atoms with Crippen molar-refractivity contribution >= 4 is 34.9 Å². The van der Waals surface area contributed by atoms with E-state index in [0.29, 0.717) is 44.2 Å². The van der Waals surface area contributed by atoms with E-state index < -0.39 is 0 Å². The summed E-state index contributed by atoms with van der Waals surface area (Å²) < 4.78 is 12.6. The maximum atomic E-state index is 12.6. The highest BCUT2D eigenvalue weighted by molar-refractivity contribution is 5.94. The Kier molecular flexibility index (Phi) is 8.61. The van der Waals surface area contributed by atoms with Crippen LogP contribution in [0.3, 0.4) is 0 Å². The molecule has 3 aromatic rings. The smallest absolute Gasteiger partial charge is 0.410 e. The van der Waals surface area contributed by atoms with E-state index >= 15 is 0 Å². The van der Waals surface area contributed by atoms with Gasteiger partial charge in [0.05, 0.1) is 18.8 Å². The molecule has 2 aliphatic rings. The van der Waals surface area contributed by atoms with Gasteiger partial charge in [0.1, 0.15) is 0 Å². The molecule has 0 aliphatic carbocycles. The minimum Gasteiger partial charge on any atom is -0.450 e. The van der Waals surface area contributed by atoms with Crippen molar-refractivity contribution in [2.75, 3.05) is 51.2 Å². The summed E-state index contributed by atoms with van der Waals surface area (Å²) in [5.74, 6) is 0.363. The van der Waals surface area contributed by atoms with Crippen molar-refractivity contribution in [2.24, 2.45) is 0 Å². The minimum absolute atomic E-state index is 0.0984. The van der Waals surface area contributed by atoms with E-state index in [-0.39, 0.29) is 24.2 Å². The molecule has 0 saturated carbocycles. The average Bonchev–Trinajstić information content (AvgIpc) is 3.36. The number of aromatic nitrogens is 3. The second-order valence-corrected chi connectivity index (χ2v) is 10.2. The largest absolute Gasteiger partial charge is 0.450 e. The van der Waals surface area contributed by atoms with Gasteiger partial charge in [-0.05, 0) is 69.2 Å². The molecule has 1 saturated heterocycles. The standard InChI is InChI=1S/C29H37N7O4/c1-4-39-29(38)35-15-11-22(12-16-35)25-6-5-14-36-26(25)32-28(33-36)31-24-9-7-23(8-10-24)27(37)30-13-17-34-18-20(2)40-21(3)19-34/h5-11,14,20-21H,4,12-13,15-19H2,1-3H3,(H,30,37)(H,31,33). The number of carbonyl (C=O) groups excluding carboxylic acids is 2. The third-order valence-electron chi connectivity index (χ3n) is 7.06. The number of benzene rings is 1. The van der Waals surface area contributed by atoms with Gasteiger partial charge in [-0.15, -0.1) is 5.10 Å². The van der Waals surface area contributed by atoms with Gasteiger partial charge in [0.15, 0.2) is 5.65 Å². The van der Waals surface area contributed by atoms with Crippen LogP contribution in [0.5, 0.6) is 0 Å². The molecular formula is C29H37N7O4. The highest BCUT2D eigenvalue weighted by Crippen LogP contribution is 2.27. The van der Waals surface area contributed by atoms with Crippen molar-refractivity contribution in [3.8, 4) is 0 Å². The van der Waals surface area contributed by atoms with Gasteiger partial charge in [-0.2, -0.15) is 4.98 Å². The Balaban J connectivity index is 1.18. The minimum atomic E-state index is -0.286. The molecule has 4 heterocycles. The Morgan fingerprint density at radius 3 is 2.60 bits per heavy atom. The number of pyridine rings is 1. The maximum Gasteiger partial charge on any atom is 0.410 e. The molecule has 2 unspecified atom stereocenters. The molecule has 0 radical (unpaired) electrons. The number of rotatable bonds is 8. The van der Waals surface area contributed by atoms with E-state index in [1.54, 1.807) is 28.5 Å². The van der Waals surface area contributed by atoms with Gasteiger partial charge in [-0.3, -0.25) is 9.69 Å². The lowest BCUT2D eigenvalue weighted by atomic mass is 10.0. The molecule has 2 aliphatic heterocycles. The van der Waals surface area contributed by atoms with Crippen molar-refractivity contribution in [3.05, 3.63) is 59.8 Å². The van der Waals surface area contributed by atoms with Crippen molar-refractivity contribution in [3.63, 3.8) is 0 Å². The lowest BCUT2D eigenvalue weighted by Crippen LogP contribution is -2.47.